The number of aryl methyl sites for hydroxylation is 1. The summed E-state index contributed by atoms with van der Waals surface area (Å²) >= 11 is 1.36. The smallest absolute Gasteiger partial charge is 0.250 e. The predicted molar refractivity (Wildman–Crippen MR) is 91.6 cm³/mol. The molecule has 0 atom stereocenters. The van der Waals surface area contributed by atoms with Crippen LogP contribution in [0.4, 0.5) is 5.13 Å². The van der Waals surface area contributed by atoms with Crippen molar-refractivity contribution in [1.82, 2.24) is 9.55 Å². The summed E-state index contributed by atoms with van der Waals surface area (Å²) < 4.78 is 1.35. The molecule has 23 heavy (non-hydrogen) atoms. The first-order valence-electron chi connectivity index (χ1n) is 7.10. The standard InChI is InChI=1S/C17H15N3O2S/c1-12-5-7-13(8-6-12)14-11-23-17(18-14)19-15(21)10-20-9-3-2-4-16(20)22/h2-9,11H,10H2,1H3,(H,18,19,21). The van der Waals surface area contributed by atoms with Crippen molar-refractivity contribution in [2.24, 2.45) is 0 Å². The van der Waals surface area contributed by atoms with Gasteiger partial charge in [-0.25, -0.2) is 4.98 Å². The minimum Gasteiger partial charge on any atom is -0.306 e. The zero-order valence-electron chi connectivity index (χ0n) is 12.5. The maximum atomic E-state index is 12.0. The number of nitrogens with zero attached hydrogens (tertiary/aromatic N) is 2. The van der Waals surface area contributed by atoms with Crippen LogP contribution >= 0.6 is 11.3 Å². The van der Waals surface area contributed by atoms with Gasteiger partial charge in [0.1, 0.15) is 6.54 Å². The number of rotatable bonds is 4. The van der Waals surface area contributed by atoms with E-state index in [1.54, 1.807) is 18.3 Å². The highest BCUT2D eigenvalue weighted by atomic mass is 32.1. The summed E-state index contributed by atoms with van der Waals surface area (Å²) in [7, 11) is 0. The van der Waals surface area contributed by atoms with Crippen molar-refractivity contribution in [3.05, 3.63) is 70.0 Å². The average molecular weight is 325 g/mol. The van der Waals surface area contributed by atoms with E-state index in [2.05, 4.69) is 10.3 Å². The first-order chi connectivity index (χ1) is 11.1. The molecule has 0 fully saturated rings. The van der Waals surface area contributed by atoms with Crippen molar-refractivity contribution in [1.29, 1.82) is 0 Å². The molecule has 0 unspecified atom stereocenters. The maximum absolute atomic E-state index is 12.0. The van der Waals surface area contributed by atoms with E-state index in [0.29, 0.717) is 5.13 Å². The van der Waals surface area contributed by atoms with Crippen LogP contribution in [0.15, 0.2) is 58.8 Å². The molecular weight excluding hydrogens is 310 g/mol. The number of benzene rings is 1. The van der Waals surface area contributed by atoms with Gasteiger partial charge >= 0.3 is 0 Å². The molecule has 0 saturated carbocycles. The Morgan fingerprint density at radius 1 is 1.22 bits per heavy atom. The van der Waals surface area contributed by atoms with Gasteiger partial charge in [-0.15, -0.1) is 11.3 Å². The van der Waals surface area contributed by atoms with Gasteiger partial charge in [0.05, 0.1) is 5.69 Å². The number of anilines is 1. The zero-order chi connectivity index (χ0) is 16.2. The molecular formula is C17H15N3O2S. The second-order valence-electron chi connectivity index (χ2n) is 5.12. The first kappa shape index (κ1) is 15.2. The molecule has 2 heterocycles. The Kier molecular flexibility index (Phi) is 4.34. The largest absolute Gasteiger partial charge is 0.306 e. The third kappa shape index (κ3) is 3.73. The van der Waals surface area contributed by atoms with E-state index in [0.717, 1.165) is 11.3 Å². The van der Waals surface area contributed by atoms with Gasteiger partial charge in [-0.1, -0.05) is 35.9 Å². The number of hydrogen-bond acceptors (Lipinski definition) is 4. The molecule has 1 N–H and O–H groups in total. The normalized spacial score (nSPS) is 10.5. The SMILES string of the molecule is Cc1ccc(-c2csc(NC(=O)Cn3ccccc3=O)n2)cc1. The molecule has 0 radical (unpaired) electrons. The van der Waals surface area contributed by atoms with Gasteiger partial charge in [0.25, 0.3) is 5.56 Å². The van der Waals surface area contributed by atoms with Gasteiger partial charge in [0.2, 0.25) is 5.91 Å². The second-order valence-corrected chi connectivity index (χ2v) is 5.98. The summed E-state index contributed by atoms with van der Waals surface area (Å²) in [5.41, 5.74) is 2.81. The molecule has 3 aromatic rings. The maximum Gasteiger partial charge on any atom is 0.250 e. The monoisotopic (exact) mass is 325 g/mol. The van der Waals surface area contributed by atoms with Crippen LogP contribution < -0.4 is 10.9 Å². The van der Waals surface area contributed by atoms with Crippen molar-refractivity contribution in [2.45, 2.75) is 13.5 Å². The molecule has 1 aromatic carbocycles. The Balaban J connectivity index is 1.69. The number of hydrogen-bond donors (Lipinski definition) is 1. The molecule has 1 amide bonds. The van der Waals surface area contributed by atoms with Crippen LogP contribution in [-0.2, 0) is 11.3 Å². The lowest BCUT2D eigenvalue weighted by Crippen LogP contribution is -2.26. The molecule has 2 aromatic heterocycles. The molecule has 0 aliphatic carbocycles. The fourth-order valence-corrected chi connectivity index (χ4v) is 2.83. The van der Waals surface area contributed by atoms with Crippen molar-refractivity contribution in [3.8, 4) is 11.3 Å². The number of pyridine rings is 1. The van der Waals surface area contributed by atoms with Gasteiger partial charge in [0.15, 0.2) is 5.13 Å². The molecule has 6 heteroatoms. The van der Waals surface area contributed by atoms with Crippen LogP contribution in [0.25, 0.3) is 11.3 Å². The first-order valence-corrected chi connectivity index (χ1v) is 7.98. The van der Waals surface area contributed by atoms with Crippen LogP contribution in [0, 0.1) is 6.92 Å². The lowest BCUT2D eigenvalue weighted by atomic mass is 10.1. The van der Waals surface area contributed by atoms with Gasteiger partial charge in [-0.2, -0.15) is 0 Å². The Morgan fingerprint density at radius 2 is 2.00 bits per heavy atom. The fraction of sp³-hybridized carbons (Fsp3) is 0.118. The molecule has 116 valence electrons. The van der Waals surface area contributed by atoms with Crippen molar-refractivity contribution < 1.29 is 4.79 Å². The van der Waals surface area contributed by atoms with Gasteiger partial charge in [-0.05, 0) is 13.0 Å². The van der Waals surface area contributed by atoms with Gasteiger partial charge < -0.3 is 9.88 Å². The zero-order valence-corrected chi connectivity index (χ0v) is 13.3. The highest BCUT2D eigenvalue weighted by molar-refractivity contribution is 7.14. The van der Waals surface area contributed by atoms with E-state index < -0.39 is 0 Å². The molecule has 0 bridgehead atoms. The minimum atomic E-state index is -0.275. The van der Waals surface area contributed by atoms with Gasteiger partial charge in [0, 0.05) is 23.2 Å². The molecule has 0 spiro atoms. The summed E-state index contributed by atoms with van der Waals surface area (Å²) in [5, 5.41) is 5.15. The van der Waals surface area contributed by atoms with Crippen molar-refractivity contribution in [3.63, 3.8) is 0 Å². The summed E-state index contributed by atoms with van der Waals surface area (Å²) in [5.74, 6) is -0.275. The quantitative estimate of drug-likeness (QED) is 0.802. The lowest BCUT2D eigenvalue weighted by molar-refractivity contribution is -0.116. The third-order valence-corrected chi connectivity index (χ3v) is 4.07. The van der Waals surface area contributed by atoms with Crippen LogP contribution in [0.1, 0.15) is 5.56 Å². The Bertz CT molecular complexity index is 881. The predicted octanol–water partition coefficient (Wildman–Crippen LogP) is 2.92. The number of carbonyl (C=O) groups excluding carboxylic acids is 1. The molecule has 5 nitrogen and oxygen atoms in total. The molecule has 0 aliphatic heterocycles. The van der Waals surface area contributed by atoms with E-state index in [1.165, 1.54) is 27.5 Å². The Morgan fingerprint density at radius 3 is 2.74 bits per heavy atom. The average Bonchev–Trinajstić information content (AvgIpc) is 2.98. The van der Waals surface area contributed by atoms with E-state index in [9.17, 15) is 9.59 Å². The summed E-state index contributed by atoms with van der Waals surface area (Å²) in [6.45, 7) is 2.00. The van der Waals surface area contributed by atoms with E-state index in [4.69, 9.17) is 0 Å². The second kappa shape index (κ2) is 6.58. The van der Waals surface area contributed by atoms with Crippen LogP contribution in [0.5, 0.6) is 0 Å². The molecule has 0 aliphatic rings. The fourth-order valence-electron chi connectivity index (χ4n) is 2.09. The number of nitrogens with one attached hydrogen (secondary N) is 1. The minimum absolute atomic E-state index is 0.0287. The van der Waals surface area contributed by atoms with E-state index in [-0.39, 0.29) is 18.0 Å². The number of aromatic nitrogens is 2. The van der Waals surface area contributed by atoms with Crippen LogP contribution in [0.3, 0.4) is 0 Å². The third-order valence-electron chi connectivity index (χ3n) is 3.31. The van der Waals surface area contributed by atoms with E-state index in [1.807, 2.05) is 36.6 Å². The van der Waals surface area contributed by atoms with Gasteiger partial charge in [-0.3, -0.25) is 9.59 Å². The number of amides is 1. The van der Waals surface area contributed by atoms with Crippen LogP contribution in [-0.4, -0.2) is 15.5 Å². The van der Waals surface area contributed by atoms with Crippen molar-refractivity contribution in [2.75, 3.05) is 5.32 Å². The highest BCUT2D eigenvalue weighted by Gasteiger charge is 2.09. The molecule has 0 saturated heterocycles. The molecule has 3 rings (SSSR count). The Labute approximate surface area is 137 Å². The Hall–Kier alpha value is -2.73. The van der Waals surface area contributed by atoms with Crippen molar-refractivity contribution >= 4 is 22.4 Å². The number of thiazole rings is 1. The van der Waals surface area contributed by atoms with E-state index >= 15 is 0 Å². The summed E-state index contributed by atoms with van der Waals surface area (Å²) in [6.07, 6.45) is 1.58. The summed E-state index contributed by atoms with van der Waals surface area (Å²) in [6, 6.07) is 12.8. The lowest BCUT2D eigenvalue weighted by Gasteiger charge is -2.04. The van der Waals surface area contributed by atoms with Crippen LogP contribution in [0.2, 0.25) is 0 Å². The number of carbonyl (C=O) groups is 1. The summed E-state index contributed by atoms with van der Waals surface area (Å²) in [4.78, 5) is 28.0. The topological polar surface area (TPSA) is 64.0 Å². The highest BCUT2D eigenvalue weighted by Crippen LogP contribution is 2.25.